The van der Waals surface area contributed by atoms with E-state index in [1.54, 1.807) is 26.8 Å². The average Bonchev–Trinajstić information content (AvgIpc) is 3.23. The van der Waals surface area contributed by atoms with Gasteiger partial charge in [0.1, 0.15) is 5.60 Å². The first-order valence-electron chi connectivity index (χ1n) is 7.97. The van der Waals surface area contributed by atoms with Crippen LogP contribution in [0.4, 0.5) is 0 Å². The second kappa shape index (κ2) is 5.92. The van der Waals surface area contributed by atoms with Gasteiger partial charge < -0.3 is 14.2 Å². The molecule has 0 radical (unpaired) electrons. The van der Waals surface area contributed by atoms with Crippen molar-refractivity contribution in [2.24, 2.45) is 11.8 Å². The minimum absolute atomic E-state index is 0.0868. The zero-order chi connectivity index (χ0) is 17.5. The summed E-state index contributed by atoms with van der Waals surface area (Å²) in [5.41, 5.74) is -0.530. The number of ether oxygens (including phenoxy) is 3. The fraction of sp³-hybridized carbons (Fsp3) is 0.500. The van der Waals surface area contributed by atoms with Crippen molar-refractivity contribution >= 4 is 17.5 Å². The Morgan fingerprint density at radius 2 is 1.79 bits per heavy atom. The topological polar surface area (TPSA) is 78.9 Å². The van der Waals surface area contributed by atoms with E-state index in [2.05, 4.69) is 0 Å². The van der Waals surface area contributed by atoms with Crippen LogP contribution in [-0.4, -0.2) is 29.9 Å². The number of ketones is 2. The van der Waals surface area contributed by atoms with Crippen LogP contribution in [0.25, 0.3) is 0 Å². The largest absolute Gasteiger partial charge is 0.459 e. The minimum atomic E-state index is -1.42. The number of Topliss-reactive ketones (excluding diaryl/α,β-unsaturated/α-hetero) is 2. The molecule has 24 heavy (non-hydrogen) atoms. The van der Waals surface area contributed by atoms with Crippen LogP contribution >= 0.6 is 0 Å². The van der Waals surface area contributed by atoms with Crippen LogP contribution in [-0.2, 0) is 14.3 Å². The van der Waals surface area contributed by atoms with E-state index >= 15 is 0 Å². The molecule has 128 valence electrons. The lowest BCUT2D eigenvalue weighted by molar-refractivity contribution is -0.160. The normalized spacial score (nSPS) is 17.3. The first-order chi connectivity index (χ1) is 11.3. The Morgan fingerprint density at radius 3 is 2.42 bits per heavy atom. The van der Waals surface area contributed by atoms with Crippen molar-refractivity contribution in [1.29, 1.82) is 0 Å². The molecule has 2 aliphatic rings. The summed E-state index contributed by atoms with van der Waals surface area (Å²) < 4.78 is 15.8. The Kier molecular flexibility index (Phi) is 4.07. The summed E-state index contributed by atoms with van der Waals surface area (Å²) in [7, 11) is 0. The van der Waals surface area contributed by atoms with Gasteiger partial charge >= 0.3 is 5.97 Å². The van der Waals surface area contributed by atoms with Gasteiger partial charge in [0.25, 0.3) is 0 Å². The molecule has 1 saturated carbocycles. The van der Waals surface area contributed by atoms with Crippen LogP contribution in [0.2, 0.25) is 0 Å². The molecular formula is C18H20O6. The molecule has 6 nitrogen and oxygen atoms in total. The fourth-order valence-corrected chi connectivity index (χ4v) is 2.53. The van der Waals surface area contributed by atoms with Crippen molar-refractivity contribution in [3.05, 3.63) is 23.8 Å². The number of fused-ring (bicyclic) bond motifs is 1. The van der Waals surface area contributed by atoms with Crippen molar-refractivity contribution in [3.8, 4) is 11.5 Å². The van der Waals surface area contributed by atoms with E-state index in [1.807, 2.05) is 0 Å². The molecule has 1 aromatic carbocycles. The molecule has 0 aromatic heterocycles. The van der Waals surface area contributed by atoms with Gasteiger partial charge in [-0.2, -0.15) is 0 Å². The Bertz CT molecular complexity index is 696. The number of rotatable bonds is 5. The van der Waals surface area contributed by atoms with Gasteiger partial charge in [0.05, 0.1) is 0 Å². The number of hydrogen-bond donors (Lipinski definition) is 0. The molecule has 1 aliphatic carbocycles. The number of benzene rings is 1. The average molecular weight is 332 g/mol. The maximum atomic E-state index is 12.8. The van der Waals surface area contributed by atoms with Crippen molar-refractivity contribution in [3.63, 3.8) is 0 Å². The minimum Gasteiger partial charge on any atom is -0.459 e. The molecule has 1 unspecified atom stereocenters. The van der Waals surface area contributed by atoms with Gasteiger partial charge in [0.2, 0.25) is 6.79 Å². The van der Waals surface area contributed by atoms with E-state index in [9.17, 15) is 14.4 Å². The summed E-state index contributed by atoms with van der Waals surface area (Å²) >= 11 is 0. The molecule has 0 N–H and O–H groups in total. The SMILES string of the molecule is CC(C)(C)OC(=O)C(C(=O)c1ccc2c(c1)OCO2)C(=O)C1CC1. The summed E-state index contributed by atoms with van der Waals surface area (Å²) in [5, 5.41) is 0. The van der Waals surface area contributed by atoms with Crippen LogP contribution in [0.1, 0.15) is 44.0 Å². The number of carbonyl (C=O) groups is 3. The molecule has 0 amide bonds. The first-order valence-corrected chi connectivity index (χ1v) is 7.97. The lowest BCUT2D eigenvalue weighted by atomic mass is 9.91. The lowest BCUT2D eigenvalue weighted by Crippen LogP contribution is -2.38. The summed E-state index contributed by atoms with van der Waals surface area (Å²) in [4.78, 5) is 37.8. The van der Waals surface area contributed by atoms with E-state index in [0.717, 1.165) is 0 Å². The van der Waals surface area contributed by atoms with Crippen molar-refractivity contribution in [2.45, 2.75) is 39.2 Å². The quantitative estimate of drug-likeness (QED) is 0.468. The zero-order valence-corrected chi connectivity index (χ0v) is 14.0. The van der Waals surface area contributed by atoms with Crippen LogP contribution in [0.15, 0.2) is 18.2 Å². The number of hydrogen-bond acceptors (Lipinski definition) is 6. The lowest BCUT2D eigenvalue weighted by Gasteiger charge is -2.23. The fourth-order valence-electron chi connectivity index (χ4n) is 2.53. The third-order valence-corrected chi connectivity index (χ3v) is 3.83. The Morgan fingerprint density at radius 1 is 1.12 bits per heavy atom. The highest BCUT2D eigenvalue weighted by molar-refractivity contribution is 6.23. The summed E-state index contributed by atoms with van der Waals surface area (Å²) in [6, 6.07) is 4.64. The van der Waals surface area contributed by atoms with Crippen LogP contribution in [0.3, 0.4) is 0 Å². The first kappa shape index (κ1) is 16.5. The third kappa shape index (κ3) is 3.42. The molecule has 0 saturated heterocycles. The Balaban J connectivity index is 1.88. The molecule has 1 heterocycles. The van der Waals surface area contributed by atoms with E-state index < -0.39 is 23.3 Å². The van der Waals surface area contributed by atoms with E-state index in [-0.39, 0.29) is 24.1 Å². The molecular weight excluding hydrogens is 312 g/mol. The van der Waals surface area contributed by atoms with Gasteiger partial charge in [0, 0.05) is 11.5 Å². The number of carbonyl (C=O) groups excluding carboxylic acids is 3. The van der Waals surface area contributed by atoms with Gasteiger partial charge in [-0.25, -0.2) is 0 Å². The van der Waals surface area contributed by atoms with Crippen LogP contribution < -0.4 is 9.47 Å². The predicted molar refractivity (Wildman–Crippen MR) is 84.0 cm³/mol. The van der Waals surface area contributed by atoms with Crippen molar-refractivity contribution in [2.75, 3.05) is 6.79 Å². The molecule has 0 bridgehead atoms. The zero-order valence-electron chi connectivity index (χ0n) is 14.0. The monoisotopic (exact) mass is 332 g/mol. The van der Waals surface area contributed by atoms with Crippen LogP contribution in [0.5, 0.6) is 11.5 Å². The maximum Gasteiger partial charge on any atom is 0.325 e. The molecule has 3 rings (SSSR count). The molecule has 1 aromatic rings. The van der Waals surface area contributed by atoms with Gasteiger partial charge in [0.15, 0.2) is 29.0 Å². The standard InChI is InChI=1S/C18H20O6/c1-18(2,3)24-17(21)14(15(19)10-4-5-10)16(20)11-6-7-12-13(8-11)23-9-22-12/h6-8,10,14H,4-5,9H2,1-3H3. The van der Waals surface area contributed by atoms with Crippen molar-refractivity contribution < 1.29 is 28.6 Å². The second-order valence-electron chi connectivity index (χ2n) is 7.08. The van der Waals surface area contributed by atoms with E-state index in [1.165, 1.54) is 12.1 Å². The molecule has 6 heteroatoms. The highest BCUT2D eigenvalue weighted by Crippen LogP contribution is 2.36. The Labute approximate surface area is 140 Å². The Hall–Kier alpha value is -2.37. The van der Waals surface area contributed by atoms with Gasteiger partial charge in [-0.3, -0.25) is 14.4 Å². The molecule has 1 atom stereocenters. The summed E-state index contributed by atoms with van der Waals surface area (Å²) in [6.07, 6.45) is 1.43. The van der Waals surface area contributed by atoms with Crippen molar-refractivity contribution in [1.82, 2.24) is 0 Å². The maximum absolute atomic E-state index is 12.8. The number of esters is 1. The molecule has 1 aliphatic heterocycles. The summed E-state index contributed by atoms with van der Waals surface area (Å²) in [5.74, 6) is -2.37. The van der Waals surface area contributed by atoms with Gasteiger partial charge in [-0.15, -0.1) is 0 Å². The highest BCUT2D eigenvalue weighted by atomic mass is 16.7. The second-order valence-corrected chi connectivity index (χ2v) is 7.08. The van der Waals surface area contributed by atoms with E-state index in [4.69, 9.17) is 14.2 Å². The van der Waals surface area contributed by atoms with Crippen LogP contribution in [0, 0.1) is 11.8 Å². The predicted octanol–water partition coefficient (Wildman–Crippen LogP) is 2.54. The third-order valence-electron chi connectivity index (χ3n) is 3.83. The van der Waals surface area contributed by atoms with Gasteiger partial charge in [-0.05, 0) is 51.8 Å². The molecule has 1 fully saturated rings. The van der Waals surface area contributed by atoms with Gasteiger partial charge in [-0.1, -0.05) is 0 Å². The summed E-state index contributed by atoms with van der Waals surface area (Å²) in [6.45, 7) is 5.20. The van der Waals surface area contributed by atoms with E-state index in [0.29, 0.717) is 24.3 Å². The molecule has 0 spiro atoms. The highest BCUT2D eigenvalue weighted by Gasteiger charge is 2.44. The smallest absolute Gasteiger partial charge is 0.325 e.